The first kappa shape index (κ1) is 20.4. The molecule has 0 N–H and O–H groups in total. The highest BCUT2D eigenvalue weighted by Crippen LogP contribution is 2.39. The first-order valence-corrected chi connectivity index (χ1v) is 12.0. The van der Waals surface area contributed by atoms with Gasteiger partial charge in [0.25, 0.3) is 14.1 Å². The Hall–Kier alpha value is -0.648. The molecule has 0 aromatic rings. The van der Waals surface area contributed by atoms with E-state index in [4.69, 9.17) is 0 Å². The van der Waals surface area contributed by atoms with Crippen molar-refractivity contribution in [2.45, 2.75) is 63.3 Å². The quantitative estimate of drug-likeness (QED) is 0.528. The van der Waals surface area contributed by atoms with Crippen molar-refractivity contribution in [3.05, 3.63) is 35.7 Å². The normalized spacial score (nSPS) is 21.0. The fraction of sp³-hybridized carbons (Fsp3) is 0.700. The van der Waals surface area contributed by atoms with Gasteiger partial charge in [0.2, 0.25) is 0 Å². The number of nitrogens with zero attached hydrogens (tertiary/aromatic N) is 2. The van der Waals surface area contributed by atoms with E-state index in [1.54, 1.807) is 11.1 Å². The smallest absolute Gasteiger partial charge is 0.277 e. The molecule has 1 aliphatic carbocycles. The summed E-state index contributed by atoms with van der Waals surface area (Å²) in [5.41, 5.74) is 3.23. The Kier molecular flexibility index (Phi) is 9.76. The summed E-state index contributed by atoms with van der Waals surface area (Å²) in [6, 6.07) is 0. The number of hydrogen-bond acceptors (Lipinski definition) is 2. The fourth-order valence-electron chi connectivity index (χ4n) is 3.62. The largest absolute Gasteiger partial charge is 0.378 e. The first-order chi connectivity index (χ1) is 11.1. The monoisotopic (exact) mass is 332 g/mol. The zero-order valence-electron chi connectivity index (χ0n) is 16.3. The van der Waals surface area contributed by atoms with Crippen LogP contribution in [0.1, 0.15) is 48.0 Å². The lowest BCUT2D eigenvalue weighted by molar-refractivity contribution is 0.410. The molecule has 1 unspecified atom stereocenters. The van der Waals surface area contributed by atoms with Gasteiger partial charge in [-0.2, -0.15) is 0 Å². The summed E-state index contributed by atoms with van der Waals surface area (Å²) < 4.78 is 0.719. The summed E-state index contributed by atoms with van der Waals surface area (Å²) in [4.78, 5) is 4.91. The maximum atomic E-state index is 2.48. The molecule has 0 radical (unpaired) electrons. The van der Waals surface area contributed by atoms with Gasteiger partial charge in [-0.1, -0.05) is 42.1 Å². The van der Waals surface area contributed by atoms with E-state index in [2.05, 4.69) is 75.9 Å². The van der Waals surface area contributed by atoms with E-state index in [-0.39, 0.29) is 0 Å². The Labute approximate surface area is 149 Å². The predicted octanol–water partition coefficient (Wildman–Crippen LogP) is 5.30. The van der Waals surface area contributed by atoms with Crippen molar-refractivity contribution in [1.82, 2.24) is 9.80 Å². The van der Waals surface area contributed by atoms with E-state index in [0.717, 1.165) is 37.4 Å². The van der Waals surface area contributed by atoms with Crippen molar-refractivity contribution in [3.8, 4) is 0 Å². The molecule has 3 heteroatoms. The van der Waals surface area contributed by atoms with Gasteiger partial charge in [0.15, 0.2) is 0 Å². The van der Waals surface area contributed by atoms with Gasteiger partial charge in [0.1, 0.15) is 0 Å². The van der Waals surface area contributed by atoms with Gasteiger partial charge in [-0.25, -0.2) is 0 Å². The first-order valence-electron chi connectivity index (χ1n) is 9.71. The molecule has 0 saturated carbocycles. The van der Waals surface area contributed by atoms with Crippen LogP contribution in [-0.2, 0) is 0 Å². The van der Waals surface area contributed by atoms with Gasteiger partial charge in [-0.05, 0) is 50.7 Å². The molecule has 0 heterocycles. The molecular formula is C20H37AlN2. The van der Waals surface area contributed by atoms with E-state index in [1.165, 1.54) is 10.6 Å². The lowest BCUT2D eigenvalue weighted by Crippen LogP contribution is -2.27. The molecule has 0 bridgehead atoms. The van der Waals surface area contributed by atoms with E-state index in [9.17, 15) is 0 Å². The van der Waals surface area contributed by atoms with Crippen molar-refractivity contribution in [2.24, 2.45) is 0 Å². The van der Waals surface area contributed by atoms with E-state index >= 15 is 0 Å². The van der Waals surface area contributed by atoms with Crippen molar-refractivity contribution in [3.63, 3.8) is 0 Å². The Bertz CT molecular complexity index is 413. The minimum absolute atomic E-state index is 0.719. The van der Waals surface area contributed by atoms with Crippen LogP contribution in [0.2, 0.25) is 15.3 Å². The molecule has 0 spiro atoms. The summed E-state index contributed by atoms with van der Waals surface area (Å²) >= 11 is -0.792. The third-order valence-electron chi connectivity index (χ3n) is 5.25. The lowest BCUT2D eigenvalue weighted by atomic mass is 9.96. The lowest BCUT2D eigenvalue weighted by Gasteiger charge is -2.32. The third-order valence-corrected chi connectivity index (χ3v) is 9.10. The van der Waals surface area contributed by atoms with Crippen LogP contribution in [0.5, 0.6) is 0 Å². The van der Waals surface area contributed by atoms with Crippen LogP contribution >= 0.6 is 0 Å². The van der Waals surface area contributed by atoms with Crippen molar-refractivity contribution < 1.29 is 0 Å². The summed E-state index contributed by atoms with van der Waals surface area (Å²) in [5.74, 6) is 0. The van der Waals surface area contributed by atoms with Gasteiger partial charge < -0.3 is 9.80 Å². The molecule has 0 aliphatic heterocycles. The highest BCUT2D eigenvalue weighted by atomic mass is 27.2. The SMILES string of the molecule is CCN(C=C1C=CCC(=CN(CC)CC)[CH]1[Al]([CH2]C)[CH2]C)CC. The average Bonchev–Trinajstić information content (AvgIpc) is 2.59. The molecule has 0 saturated heterocycles. The molecule has 0 aromatic heterocycles. The van der Waals surface area contributed by atoms with Crippen LogP contribution in [-0.4, -0.2) is 50.1 Å². The zero-order chi connectivity index (χ0) is 17.2. The zero-order valence-corrected chi connectivity index (χ0v) is 17.5. The topological polar surface area (TPSA) is 6.48 Å². The van der Waals surface area contributed by atoms with Gasteiger partial charge >= 0.3 is 0 Å². The fourth-order valence-corrected chi connectivity index (χ4v) is 6.71. The van der Waals surface area contributed by atoms with Crippen LogP contribution in [0.25, 0.3) is 0 Å². The Morgan fingerprint density at radius 2 is 1.43 bits per heavy atom. The van der Waals surface area contributed by atoms with Crippen molar-refractivity contribution >= 4 is 14.1 Å². The maximum Gasteiger partial charge on any atom is 0.277 e. The minimum Gasteiger partial charge on any atom is -0.378 e. The standard InChI is InChI=1S/C16H27N2.2C2H5.Al/c1-5-17(6-2)13-15-10-9-11-16(12-15)14-18(7-3)8-4;2*1-2;/h9-10,12-14H,5-8,11H2,1-4H3;2*1H2,2H3;. The molecule has 130 valence electrons. The molecule has 0 amide bonds. The molecule has 0 fully saturated rings. The highest BCUT2D eigenvalue weighted by molar-refractivity contribution is 6.62. The summed E-state index contributed by atoms with van der Waals surface area (Å²) in [5, 5.41) is 2.78. The Morgan fingerprint density at radius 3 is 1.91 bits per heavy atom. The summed E-state index contributed by atoms with van der Waals surface area (Å²) in [6.45, 7) is 18.2. The minimum atomic E-state index is -0.792. The number of rotatable bonds is 9. The molecule has 1 atom stereocenters. The number of hydrogen-bond donors (Lipinski definition) is 0. The van der Waals surface area contributed by atoms with Crippen LogP contribution < -0.4 is 0 Å². The van der Waals surface area contributed by atoms with Crippen LogP contribution in [0.15, 0.2) is 35.7 Å². The van der Waals surface area contributed by atoms with Crippen LogP contribution in [0, 0.1) is 0 Å². The van der Waals surface area contributed by atoms with Gasteiger partial charge in [0, 0.05) is 32.4 Å². The second-order valence-corrected chi connectivity index (χ2v) is 10.3. The predicted molar refractivity (Wildman–Crippen MR) is 106 cm³/mol. The van der Waals surface area contributed by atoms with Crippen molar-refractivity contribution in [1.29, 1.82) is 0 Å². The Balaban J connectivity index is 3.23. The van der Waals surface area contributed by atoms with E-state index < -0.39 is 14.1 Å². The summed E-state index contributed by atoms with van der Waals surface area (Å²) in [6.07, 6.45) is 10.9. The second kappa shape index (κ2) is 11.0. The summed E-state index contributed by atoms with van der Waals surface area (Å²) in [7, 11) is 0. The molecular weight excluding hydrogens is 295 g/mol. The van der Waals surface area contributed by atoms with Crippen LogP contribution in [0.4, 0.5) is 0 Å². The maximum absolute atomic E-state index is 2.48. The highest BCUT2D eigenvalue weighted by Gasteiger charge is 2.31. The van der Waals surface area contributed by atoms with Gasteiger partial charge in [0.05, 0.1) is 0 Å². The average molecular weight is 333 g/mol. The van der Waals surface area contributed by atoms with Gasteiger partial charge in [-0.3, -0.25) is 0 Å². The van der Waals surface area contributed by atoms with Crippen LogP contribution in [0.3, 0.4) is 0 Å². The molecule has 1 rings (SSSR count). The molecule has 1 aliphatic rings. The van der Waals surface area contributed by atoms with E-state index in [0.29, 0.717) is 0 Å². The Morgan fingerprint density at radius 1 is 0.913 bits per heavy atom. The van der Waals surface area contributed by atoms with Gasteiger partial charge in [-0.15, -0.1) is 0 Å². The molecule has 0 aromatic carbocycles. The second-order valence-electron chi connectivity index (χ2n) is 6.44. The molecule has 23 heavy (non-hydrogen) atoms. The number of allylic oxidation sites excluding steroid dienone is 4. The third kappa shape index (κ3) is 5.73. The van der Waals surface area contributed by atoms with Crippen molar-refractivity contribution in [2.75, 3.05) is 26.2 Å². The molecule has 2 nitrogen and oxygen atoms in total. The van der Waals surface area contributed by atoms with E-state index in [1.807, 2.05) is 0 Å².